The van der Waals surface area contributed by atoms with Crippen LogP contribution in [0.25, 0.3) is 0 Å². The number of nitrogens with zero attached hydrogens (tertiary/aromatic N) is 1. The van der Waals surface area contributed by atoms with E-state index in [0.717, 1.165) is 30.5 Å². The molecule has 1 aliphatic carbocycles. The maximum Gasteiger partial charge on any atom is 0.223 e. The molecule has 0 saturated heterocycles. The Morgan fingerprint density at radius 2 is 2.20 bits per heavy atom. The lowest BCUT2D eigenvalue weighted by Gasteiger charge is -2.23. The van der Waals surface area contributed by atoms with Crippen LogP contribution >= 0.6 is 0 Å². The number of aromatic nitrogens is 2. The minimum absolute atomic E-state index is 0.0945. The molecular formula is C16H19N3O. The zero-order valence-electron chi connectivity index (χ0n) is 11.6. The van der Waals surface area contributed by atoms with E-state index < -0.39 is 0 Å². The number of benzene rings is 1. The van der Waals surface area contributed by atoms with Gasteiger partial charge in [0.1, 0.15) is 0 Å². The van der Waals surface area contributed by atoms with Crippen molar-refractivity contribution in [3.8, 4) is 0 Å². The molecule has 1 amide bonds. The van der Waals surface area contributed by atoms with Gasteiger partial charge in [-0.1, -0.05) is 24.3 Å². The van der Waals surface area contributed by atoms with Gasteiger partial charge in [0.15, 0.2) is 0 Å². The van der Waals surface area contributed by atoms with Crippen molar-refractivity contribution in [3.63, 3.8) is 0 Å². The number of amides is 1. The molecule has 2 aromatic rings. The normalized spacial score (nSPS) is 17.6. The molecular weight excluding hydrogens is 250 g/mol. The summed E-state index contributed by atoms with van der Waals surface area (Å²) in [6.07, 6.45) is 4.56. The first-order chi connectivity index (χ1) is 9.74. The average Bonchev–Trinajstić information content (AvgIpc) is 2.89. The van der Waals surface area contributed by atoms with Crippen molar-refractivity contribution in [3.05, 3.63) is 52.8 Å². The van der Waals surface area contributed by atoms with Crippen molar-refractivity contribution in [2.24, 2.45) is 5.92 Å². The second-order valence-corrected chi connectivity index (χ2v) is 5.45. The number of aromatic amines is 1. The molecule has 1 aliphatic rings. The zero-order chi connectivity index (χ0) is 13.9. The quantitative estimate of drug-likeness (QED) is 0.897. The Hall–Kier alpha value is -2.10. The molecule has 1 heterocycles. The molecule has 3 rings (SSSR count). The van der Waals surface area contributed by atoms with E-state index in [-0.39, 0.29) is 11.8 Å². The summed E-state index contributed by atoms with van der Waals surface area (Å²) >= 11 is 0. The van der Waals surface area contributed by atoms with Crippen LogP contribution in [0.2, 0.25) is 0 Å². The largest absolute Gasteiger partial charge is 0.352 e. The molecule has 1 unspecified atom stereocenters. The van der Waals surface area contributed by atoms with Crippen LogP contribution < -0.4 is 5.32 Å². The molecule has 0 bridgehead atoms. The second kappa shape index (κ2) is 5.49. The van der Waals surface area contributed by atoms with Crippen LogP contribution in [0.1, 0.15) is 28.8 Å². The monoisotopic (exact) mass is 269 g/mol. The number of rotatable bonds is 3. The molecule has 4 heteroatoms. The summed E-state index contributed by atoms with van der Waals surface area (Å²) in [6.45, 7) is 2.52. The summed E-state index contributed by atoms with van der Waals surface area (Å²) in [7, 11) is 0. The Morgan fingerprint density at radius 1 is 1.40 bits per heavy atom. The van der Waals surface area contributed by atoms with Crippen LogP contribution in [0.4, 0.5) is 0 Å². The Morgan fingerprint density at radius 3 is 2.95 bits per heavy atom. The van der Waals surface area contributed by atoms with Crippen LogP contribution in [0.3, 0.4) is 0 Å². The number of nitrogens with one attached hydrogen (secondary N) is 2. The first-order valence-electron chi connectivity index (χ1n) is 7.07. The molecule has 2 N–H and O–H groups in total. The van der Waals surface area contributed by atoms with Crippen LogP contribution in [0.5, 0.6) is 0 Å². The maximum absolute atomic E-state index is 12.3. The fourth-order valence-electron chi connectivity index (χ4n) is 2.80. The number of carbonyl (C=O) groups is 1. The molecule has 1 atom stereocenters. The summed E-state index contributed by atoms with van der Waals surface area (Å²) in [5.41, 5.74) is 4.77. The van der Waals surface area contributed by atoms with Gasteiger partial charge < -0.3 is 5.32 Å². The summed E-state index contributed by atoms with van der Waals surface area (Å²) in [5, 5.41) is 9.88. The van der Waals surface area contributed by atoms with Gasteiger partial charge in [0, 0.05) is 23.7 Å². The second-order valence-electron chi connectivity index (χ2n) is 5.45. The number of hydrogen-bond acceptors (Lipinski definition) is 2. The Labute approximate surface area is 118 Å². The Bertz CT molecular complexity index is 618. The smallest absolute Gasteiger partial charge is 0.223 e. The van der Waals surface area contributed by atoms with Gasteiger partial charge in [0.25, 0.3) is 0 Å². The van der Waals surface area contributed by atoms with E-state index in [0.29, 0.717) is 6.54 Å². The van der Waals surface area contributed by atoms with E-state index in [4.69, 9.17) is 0 Å². The van der Waals surface area contributed by atoms with Gasteiger partial charge in [-0.05, 0) is 37.3 Å². The predicted molar refractivity (Wildman–Crippen MR) is 77.1 cm³/mol. The minimum Gasteiger partial charge on any atom is -0.352 e. The van der Waals surface area contributed by atoms with Gasteiger partial charge in [0.05, 0.1) is 6.20 Å². The topological polar surface area (TPSA) is 57.8 Å². The lowest BCUT2D eigenvalue weighted by molar-refractivity contribution is -0.125. The van der Waals surface area contributed by atoms with Crippen LogP contribution in [0.15, 0.2) is 30.5 Å². The van der Waals surface area contributed by atoms with Crippen molar-refractivity contribution in [2.75, 3.05) is 0 Å². The van der Waals surface area contributed by atoms with Crippen molar-refractivity contribution in [1.82, 2.24) is 15.5 Å². The Balaban J connectivity index is 1.60. The molecule has 0 radical (unpaired) electrons. The zero-order valence-corrected chi connectivity index (χ0v) is 11.6. The van der Waals surface area contributed by atoms with Crippen molar-refractivity contribution in [1.29, 1.82) is 0 Å². The van der Waals surface area contributed by atoms with Gasteiger partial charge in [-0.2, -0.15) is 5.10 Å². The van der Waals surface area contributed by atoms with Gasteiger partial charge in [-0.15, -0.1) is 0 Å². The van der Waals surface area contributed by atoms with Crippen molar-refractivity contribution < 1.29 is 4.79 Å². The highest BCUT2D eigenvalue weighted by Gasteiger charge is 2.24. The fraction of sp³-hybridized carbons (Fsp3) is 0.375. The van der Waals surface area contributed by atoms with E-state index in [1.807, 2.05) is 13.0 Å². The maximum atomic E-state index is 12.3. The highest BCUT2D eigenvalue weighted by atomic mass is 16.1. The SMILES string of the molecule is Cc1[nH]ncc1CNC(=O)C1CCc2ccccc2C1. The first kappa shape index (κ1) is 12.9. The van der Waals surface area contributed by atoms with Crippen LogP contribution in [-0.2, 0) is 24.2 Å². The summed E-state index contributed by atoms with van der Waals surface area (Å²) in [5.74, 6) is 0.247. The molecule has 20 heavy (non-hydrogen) atoms. The van der Waals surface area contributed by atoms with Gasteiger partial charge >= 0.3 is 0 Å². The third-order valence-corrected chi connectivity index (χ3v) is 4.11. The highest BCUT2D eigenvalue weighted by molar-refractivity contribution is 5.79. The molecule has 104 valence electrons. The molecule has 0 spiro atoms. The van der Waals surface area contributed by atoms with E-state index >= 15 is 0 Å². The van der Waals surface area contributed by atoms with Gasteiger partial charge in [-0.25, -0.2) is 0 Å². The Kier molecular flexibility index (Phi) is 3.54. The summed E-state index contributed by atoms with van der Waals surface area (Å²) in [4.78, 5) is 12.3. The standard InChI is InChI=1S/C16H19N3O/c1-11-15(10-18-19-11)9-17-16(20)14-7-6-12-4-2-3-5-13(12)8-14/h2-5,10,14H,6-9H2,1H3,(H,17,20)(H,18,19). The number of fused-ring (bicyclic) bond motifs is 1. The molecule has 1 aromatic carbocycles. The number of H-pyrrole nitrogens is 1. The minimum atomic E-state index is 0.0945. The molecule has 0 saturated carbocycles. The highest BCUT2D eigenvalue weighted by Crippen LogP contribution is 2.25. The number of carbonyl (C=O) groups excluding carboxylic acids is 1. The molecule has 0 fully saturated rings. The van der Waals surface area contributed by atoms with E-state index in [1.54, 1.807) is 6.20 Å². The lowest BCUT2D eigenvalue weighted by atomic mass is 9.83. The number of hydrogen-bond donors (Lipinski definition) is 2. The van der Waals surface area contributed by atoms with Crippen molar-refractivity contribution in [2.45, 2.75) is 32.7 Å². The van der Waals surface area contributed by atoms with Crippen LogP contribution in [0, 0.1) is 12.8 Å². The van der Waals surface area contributed by atoms with E-state index in [2.05, 4.69) is 33.7 Å². The van der Waals surface area contributed by atoms with Crippen molar-refractivity contribution >= 4 is 5.91 Å². The van der Waals surface area contributed by atoms with Gasteiger partial charge in [0.2, 0.25) is 5.91 Å². The summed E-state index contributed by atoms with van der Waals surface area (Å²) < 4.78 is 0. The van der Waals surface area contributed by atoms with Gasteiger partial charge in [-0.3, -0.25) is 9.89 Å². The third kappa shape index (κ3) is 2.59. The lowest BCUT2D eigenvalue weighted by Crippen LogP contribution is -2.33. The molecule has 4 nitrogen and oxygen atoms in total. The molecule has 0 aliphatic heterocycles. The van der Waals surface area contributed by atoms with E-state index in [1.165, 1.54) is 11.1 Å². The first-order valence-corrected chi connectivity index (χ1v) is 7.07. The number of aryl methyl sites for hydroxylation is 2. The fourth-order valence-corrected chi connectivity index (χ4v) is 2.80. The predicted octanol–water partition coefficient (Wildman–Crippen LogP) is 2.14. The van der Waals surface area contributed by atoms with E-state index in [9.17, 15) is 4.79 Å². The third-order valence-electron chi connectivity index (χ3n) is 4.11. The van der Waals surface area contributed by atoms with Crippen LogP contribution in [-0.4, -0.2) is 16.1 Å². The molecule has 1 aromatic heterocycles. The summed E-state index contributed by atoms with van der Waals surface area (Å²) in [6, 6.07) is 8.42. The average molecular weight is 269 g/mol.